The van der Waals surface area contributed by atoms with Crippen LogP contribution in [0.2, 0.25) is 0 Å². The van der Waals surface area contributed by atoms with E-state index in [1.54, 1.807) is 18.2 Å². The highest BCUT2D eigenvalue weighted by Crippen LogP contribution is 2.27. The molecule has 0 aliphatic carbocycles. The van der Waals surface area contributed by atoms with Gasteiger partial charge in [0.2, 0.25) is 0 Å². The van der Waals surface area contributed by atoms with E-state index in [0.717, 1.165) is 48.8 Å². The summed E-state index contributed by atoms with van der Waals surface area (Å²) in [7, 11) is 0. The lowest BCUT2D eigenvalue weighted by molar-refractivity contribution is -0.274. The van der Waals surface area contributed by atoms with Gasteiger partial charge in [-0.15, -0.1) is 13.2 Å². The average Bonchev–Trinajstić information content (AvgIpc) is 3.21. The molecule has 3 heterocycles. The second kappa shape index (κ2) is 11.7. The second-order valence-electron chi connectivity index (χ2n) is 9.52. The summed E-state index contributed by atoms with van der Waals surface area (Å²) in [5.74, 6) is 0.299. The van der Waals surface area contributed by atoms with Gasteiger partial charge in [-0.2, -0.15) is 0 Å². The molecule has 1 aromatic heterocycles. The Morgan fingerprint density at radius 1 is 1.02 bits per heavy atom. The number of benzene rings is 2. The molecule has 7 nitrogen and oxygen atoms in total. The van der Waals surface area contributed by atoms with Gasteiger partial charge in [0.1, 0.15) is 17.3 Å². The molecule has 210 valence electrons. The topological polar surface area (TPSA) is 62.6 Å². The number of carbonyl (C=O) groups is 1. The number of ether oxygens (including phenoxy) is 1. The second-order valence-corrected chi connectivity index (χ2v) is 9.96. The van der Waals surface area contributed by atoms with E-state index in [9.17, 15) is 18.0 Å². The number of aryl methyl sites for hydroxylation is 1. The molecule has 1 amide bonds. The smallest absolute Gasteiger partial charge is 0.406 e. The van der Waals surface area contributed by atoms with E-state index in [1.165, 1.54) is 12.1 Å². The molecule has 5 rings (SSSR count). The van der Waals surface area contributed by atoms with E-state index < -0.39 is 6.36 Å². The van der Waals surface area contributed by atoms with Gasteiger partial charge in [0, 0.05) is 55.7 Å². The SMILES string of the molecule is CCc1nc2n(c1C(=O)NCc1cccc(N3CCN(c4ccc(OC(F)(F)F)cc4)CC3)c1)CC=C(Cl)C=C2. The van der Waals surface area contributed by atoms with Gasteiger partial charge in [0.25, 0.3) is 5.91 Å². The third-order valence-corrected chi connectivity index (χ3v) is 7.20. The van der Waals surface area contributed by atoms with Gasteiger partial charge in [0.05, 0.1) is 5.69 Å². The lowest BCUT2D eigenvalue weighted by Crippen LogP contribution is -2.46. The summed E-state index contributed by atoms with van der Waals surface area (Å²) in [6.45, 7) is 5.77. The summed E-state index contributed by atoms with van der Waals surface area (Å²) in [6.07, 6.45) is 1.39. The Balaban J connectivity index is 1.19. The van der Waals surface area contributed by atoms with Gasteiger partial charge in [0.15, 0.2) is 0 Å². The Morgan fingerprint density at radius 2 is 1.73 bits per heavy atom. The van der Waals surface area contributed by atoms with Crippen LogP contribution >= 0.6 is 11.6 Å². The summed E-state index contributed by atoms with van der Waals surface area (Å²) in [6, 6.07) is 14.0. The highest BCUT2D eigenvalue weighted by atomic mass is 35.5. The number of nitrogens with zero attached hydrogens (tertiary/aromatic N) is 4. The minimum absolute atomic E-state index is 0.180. The number of imidazole rings is 1. The van der Waals surface area contributed by atoms with Crippen molar-refractivity contribution in [1.82, 2.24) is 14.9 Å². The van der Waals surface area contributed by atoms with E-state index in [1.807, 2.05) is 41.8 Å². The van der Waals surface area contributed by atoms with Gasteiger partial charge in [-0.1, -0.05) is 30.7 Å². The Morgan fingerprint density at radius 3 is 2.40 bits per heavy atom. The Bertz CT molecular complexity index is 1420. The van der Waals surface area contributed by atoms with Gasteiger partial charge in [-0.25, -0.2) is 4.98 Å². The average molecular weight is 572 g/mol. The molecule has 0 atom stereocenters. The summed E-state index contributed by atoms with van der Waals surface area (Å²) in [4.78, 5) is 22.3. The zero-order valence-electron chi connectivity index (χ0n) is 21.9. The fourth-order valence-corrected chi connectivity index (χ4v) is 5.08. The van der Waals surface area contributed by atoms with Crippen LogP contribution in [0.25, 0.3) is 6.08 Å². The fourth-order valence-electron chi connectivity index (χ4n) is 4.95. The van der Waals surface area contributed by atoms with Crippen LogP contribution in [0.1, 0.15) is 34.5 Å². The van der Waals surface area contributed by atoms with Crippen LogP contribution < -0.4 is 19.9 Å². The van der Waals surface area contributed by atoms with Gasteiger partial charge in [-0.05, 0) is 66.6 Å². The number of hydrogen-bond acceptors (Lipinski definition) is 5. The molecule has 0 spiro atoms. The molecular weight excluding hydrogens is 543 g/mol. The van der Waals surface area contributed by atoms with Crippen molar-refractivity contribution in [3.63, 3.8) is 0 Å². The standard InChI is InChI=1S/C29H29ClF3N5O2/c1-2-25-27(38-13-12-21(30)6-11-26(38)35-25)28(39)34-19-20-4-3-5-23(18-20)37-16-14-36(15-17-37)22-7-9-24(10-8-22)40-29(31,32)33/h3-12,18H,2,13-17,19H2,1H3,(H,34,39). The molecule has 1 saturated heterocycles. The summed E-state index contributed by atoms with van der Waals surface area (Å²) >= 11 is 6.14. The number of allylic oxidation sites excluding steroid dienone is 3. The van der Waals surface area contributed by atoms with Crippen molar-refractivity contribution in [2.24, 2.45) is 0 Å². The van der Waals surface area contributed by atoms with Gasteiger partial charge >= 0.3 is 6.36 Å². The number of hydrogen-bond donors (Lipinski definition) is 1. The number of nitrogens with one attached hydrogen (secondary N) is 1. The first-order chi connectivity index (χ1) is 19.2. The number of anilines is 2. The molecule has 1 N–H and O–H groups in total. The maximum atomic E-state index is 13.2. The van der Waals surface area contributed by atoms with Crippen LogP contribution in [0.4, 0.5) is 24.5 Å². The van der Waals surface area contributed by atoms with Crippen molar-refractivity contribution in [3.8, 4) is 5.75 Å². The van der Waals surface area contributed by atoms with Crippen LogP contribution in [-0.4, -0.2) is 48.0 Å². The van der Waals surface area contributed by atoms with Crippen LogP contribution in [0.5, 0.6) is 5.75 Å². The van der Waals surface area contributed by atoms with Crippen LogP contribution in [0.3, 0.4) is 0 Å². The van der Waals surface area contributed by atoms with Gasteiger partial charge in [-0.3, -0.25) is 4.79 Å². The number of halogens is 4. The van der Waals surface area contributed by atoms with E-state index in [4.69, 9.17) is 11.6 Å². The Hall–Kier alpha value is -3.92. The third kappa shape index (κ3) is 6.44. The molecule has 0 radical (unpaired) electrons. The molecule has 2 aliphatic heterocycles. The first-order valence-corrected chi connectivity index (χ1v) is 13.4. The number of alkyl halides is 3. The molecule has 40 heavy (non-hydrogen) atoms. The van der Waals surface area contributed by atoms with E-state index in [0.29, 0.717) is 36.1 Å². The number of amides is 1. The highest BCUT2D eigenvalue weighted by Gasteiger charge is 2.31. The van der Waals surface area contributed by atoms with Gasteiger partial charge < -0.3 is 24.4 Å². The first kappa shape index (κ1) is 27.6. The summed E-state index contributed by atoms with van der Waals surface area (Å²) in [5, 5.41) is 3.66. The largest absolute Gasteiger partial charge is 0.573 e. The zero-order chi connectivity index (χ0) is 28.3. The summed E-state index contributed by atoms with van der Waals surface area (Å²) in [5.41, 5.74) is 4.18. The third-order valence-electron chi connectivity index (χ3n) is 6.92. The predicted molar refractivity (Wildman–Crippen MR) is 150 cm³/mol. The minimum Gasteiger partial charge on any atom is -0.406 e. The van der Waals surface area contributed by atoms with Crippen LogP contribution in [0, 0.1) is 0 Å². The van der Waals surface area contributed by atoms with Crippen LogP contribution in [0.15, 0.2) is 65.7 Å². The molecule has 11 heteroatoms. The molecule has 1 fully saturated rings. The number of fused-ring (bicyclic) bond motifs is 1. The molecule has 0 bridgehead atoms. The van der Waals surface area contributed by atoms with Crippen molar-refractivity contribution >= 4 is 35.0 Å². The molecule has 0 unspecified atom stereocenters. The Labute approximate surface area is 235 Å². The van der Waals surface area contributed by atoms with Crippen LogP contribution in [-0.2, 0) is 19.5 Å². The normalized spacial score (nSPS) is 15.4. The van der Waals surface area contributed by atoms with Crippen molar-refractivity contribution in [3.05, 3.63) is 88.5 Å². The first-order valence-electron chi connectivity index (χ1n) is 13.1. The molecule has 2 aromatic carbocycles. The molecule has 2 aliphatic rings. The fraction of sp³-hybridized carbons (Fsp3) is 0.310. The lowest BCUT2D eigenvalue weighted by Gasteiger charge is -2.37. The van der Waals surface area contributed by atoms with Crippen molar-refractivity contribution in [2.45, 2.75) is 32.8 Å². The lowest BCUT2D eigenvalue weighted by atomic mass is 10.1. The number of rotatable bonds is 7. The number of aromatic nitrogens is 2. The van der Waals surface area contributed by atoms with E-state index >= 15 is 0 Å². The van der Waals surface area contributed by atoms with E-state index in [2.05, 4.69) is 30.9 Å². The quantitative estimate of drug-likeness (QED) is 0.391. The van der Waals surface area contributed by atoms with Crippen molar-refractivity contribution in [1.29, 1.82) is 0 Å². The van der Waals surface area contributed by atoms with Crippen molar-refractivity contribution in [2.75, 3.05) is 36.0 Å². The summed E-state index contributed by atoms with van der Waals surface area (Å²) < 4.78 is 43.1. The molecule has 3 aromatic rings. The maximum absolute atomic E-state index is 13.2. The van der Waals surface area contributed by atoms with E-state index in [-0.39, 0.29) is 11.7 Å². The Kier molecular flexibility index (Phi) is 8.07. The van der Waals surface area contributed by atoms with Crippen molar-refractivity contribution < 1.29 is 22.7 Å². The zero-order valence-corrected chi connectivity index (χ0v) is 22.7. The molecular formula is C29H29ClF3N5O2. The predicted octanol–water partition coefficient (Wildman–Crippen LogP) is 5.75. The molecule has 0 saturated carbocycles. The number of piperazine rings is 1. The maximum Gasteiger partial charge on any atom is 0.573 e. The number of carbonyl (C=O) groups excluding carboxylic acids is 1. The minimum atomic E-state index is -4.70. The highest BCUT2D eigenvalue weighted by molar-refractivity contribution is 6.31. The monoisotopic (exact) mass is 571 g/mol.